The number of ether oxygens (including phenoxy) is 1. The molecule has 1 heterocycles. The first-order chi connectivity index (χ1) is 11.0. The third kappa shape index (κ3) is 6.50. The van der Waals surface area contributed by atoms with Crippen molar-refractivity contribution in [3.05, 3.63) is 34.9 Å². The topological polar surface area (TPSA) is 41.6 Å². The Bertz CT molecular complexity index is 508. The summed E-state index contributed by atoms with van der Waals surface area (Å²) in [6.45, 7) is 8.23. The second kappa shape index (κ2) is 9.26. The fraction of sp³-hybridized carbons (Fsp3) is 0.611. The summed E-state index contributed by atoms with van der Waals surface area (Å²) in [6.07, 6.45) is 1.64. The van der Waals surface area contributed by atoms with Crippen LogP contribution >= 0.6 is 11.6 Å². The summed E-state index contributed by atoms with van der Waals surface area (Å²) in [5.74, 6) is 0.723. The molecule has 4 nitrogen and oxygen atoms in total. The molecule has 0 saturated carbocycles. The minimum Gasteiger partial charge on any atom is -0.378 e. The standard InChI is InChI=1S/C18H27ClN2O2/c1-14(2)10-17-13-23-9-8-21(17)7-6-18(22)20-12-15-4-3-5-16(19)11-15/h3-5,11,14,17H,6-10,12-13H2,1-2H3,(H,20,22)/t17-/m1/s1. The molecule has 0 aromatic heterocycles. The Morgan fingerprint density at radius 1 is 1.48 bits per heavy atom. The summed E-state index contributed by atoms with van der Waals surface area (Å²) in [5.41, 5.74) is 1.02. The summed E-state index contributed by atoms with van der Waals surface area (Å²) >= 11 is 5.95. The summed E-state index contributed by atoms with van der Waals surface area (Å²) in [6, 6.07) is 8.01. The van der Waals surface area contributed by atoms with E-state index in [0.29, 0.717) is 29.9 Å². The molecule has 1 fully saturated rings. The molecule has 128 valence electrons. The van der Waals surface area contributed by atoms with Crippen LogP contribution in [0.25, 0.3) is 0 Å². The molecule has 1 aliphatic heterocycles. The number of nitrogens with zero attached hydrogens (tertiary/aromatic N) is 1. The maximum Gasteiger partial charge on any atom is 0.221 e. The van der Waals surface area contributed by atoms with Gasteiger partial charge < -0.3 is 10.1 Å². The Balaban J connectivity index is 1.74. The zero-order chi connectivity index (χ0) is 16.7. The minimum atomic E-state index is 0.0831. The Labute approximate surface area is 144 Å². The van der Waals surface area contributed by atoms with Crippen molar-refractivity contribution in [2.75, 3.05) is 26.3 Å². The molecule has 0 aliphatic carbocycles. The van der Waals surface area contributed by atoms with E-state index in [1.165, 1.54) is 0 Å². The van der Waals surface area contributed by atoms with Crippen LogP contribution in [0.1, 0.15) is 32.3 Å². The van der Waals surface area contributed by atoms with Crippen molar-refractivity contribution in [3.63, 3.8) is 0 Å². The SMILES string of the molecule is CC(C)C[C@@H]1COCCN1CCC(=O)NCc1cccc(Cl)c1. The van der Waals surface area contributed by atoms with Gasteiger partial charge in [0.2, 0.25) is 5.91 Å². The van der Waals surface area contributed by atoms with Crippen LogP contribution in [0, 0.1) is 5.92 Å². The van der Waals surface area contributed by atoms with Gasteiger partial charge in [-0.25, -0.2) is 0 Å². The first-order valence-corrected chi connectivity index (χ1v) is 8.75. The fourth-order valence-corrected chi connectivity index (χ4v) is 3.14. The van der Waals surface area contributed by atoms with Crippen molar-refractivity contribution in [2.45, 2.75) is 39.3 Å². The highest BCUT2D eigenvalue weighted by atomic mass is 35.5. The molecule has 0 bridgehead atoms. The highest BCUT2D eigenvalue weighted by Gasteiger charge is 2.23. The zero-order valence-electron chi connectivity index (χ0n) is 14.1. The van der Waals surface area contributed by atoms with Crippen molar-refractivity contribution in [3.8, 4) is 0 Å². The number of rotatable bonds is 7. The number of nitrogens with one attached hydrogen (secondary N) is 1. The second-order valence-electron chi connectivity index (χ2n) is 6.55. The number of morpholine rings is 1. The lowest BCUT2D eigenvalue weighted by atomic mass is 10.0. The normalized spacial score (nSPS) is 19.0. The zero-order valence-corrected chi connectivity index (χ0v) is 14.8. The van der Waals surface area contributed by atoms with E-state index in [2.05, 4.69) is 24.1 Å². The Morgan fingerprint density at radius 2 is 2.30 bits per heavy atom. The van der Waals surface area contributed by atoms with Crippen LogP contribution in [0.5, 0.6) is 0 Å². The number of amides is 1. The lowest BCUT2D eigenvalue weighted by Crippen LogP contribution is -2.47. The van der Waals surface area contributed by atoms with Crippen molar-refractivity contribution in [2.24, 2.45) is 5.92 Å². The molecule has 0 radical (unpaired) electrons. The molecule has 23 heavy (non-hydrogen) atoms. The van der Waals surface area contributed by atoms with E-state index < -0.39 is 0 Å². The molecule has 1 aromatic carbocycles. The highest BCUT2D eigenvalue weighted by molar-refractivity contribution is 6.30. The van der Waals surface area contributed by atoms with Crippen LogP contribution in [0.2, 0.25) is 5.02 Å². The van der Waals surface area contributed by atoms with Gasteiger partial charge in [0.15, 0.2) is 0 Å². The molecule has 1 aromatic rings. The molecule has 2 rings (SSSR count). The molecule has 5 heteroatoms. The molecule has 1 saturated heterocycles. The first kappa shape index (κ1) is 18.2. The van der Waals surface area contributed by atoms with Crippen molar-refractivity contribution >= 4 is 17.5 Å². The monoisotopic (exact) mass is 338 g/mol. The number of benzene rings is 1. The number of halogens is 1. The average molecular weight is 339 g/mol. The maximum atomic E-state index is 12.1. The third-order valence-electron chi connectivity index (χ3n) is 4.10. The van der Waals surface area contributed by atoms with E-state index in [1.807, 2.05) is 24.3 Å². The number of hydrogen-bond donors (Lipinski definition) is 1. The van der Waals surface area contributed by atoms with Crippen molar-refractivity contribution in [1.82, 2.24) is 10.2 Å². The van der Waals surface area contributed by atoms with E-state index in [4.69, 9.17) is 16.3 Å². The maximum absolute atomic E-state index is 12.1. The van der Waals surface area contributed by atoms with E-state index in [0.717, 1.165) is 38.3 Å². The Morgan fingerprint density at radius 3 is 3.04 bits per heavy atom. The number of hydrogen-bond acceptors (Lipinski definition) is 3. The van der Waals surface area contributed by atoms with Gasteiger partial charge in [0, 0.05) is 37.1 Å². The lowest BCUT2D eigenvalue weighted by Gasteiger charge is -2.36. The van der Waals surface area contributed by atoms with Crippen LogP contribution in [-0.4, -0.2) is 43.2 Å². The molecule has 1 aliphatic rings. The molecule has 1 atom stereocenters. The summed E-state index contributed by atoms with van der Waals surface area (Å²) in [7, 11) is 0. The van der Waals surface area contributed by atoms with Gasteiger partial charge in [-0.15, -0.1) is 0 Å². The summed E-state index contributed by atoms with van der Waals surface area (Å²) < 4.78 is 5.58. The van der Waals surface area contributed by atoms with Crippen LogP contribution in [-0.2, 0) is 16.1 Å². The van der Waals surface area contributed by atoms with E-state index in [-0.39, 0.29) is 5.91 Å². The van der Waals surface area contributed by atoms with Gasteiger partial charge in [-0.1, -0.05) is 37.6 Å². The minimum absolute atomic E-state index is 0.0831. The van der Waals surface area contributed by atoms with Crippen molar-refractivity contribution in [1.29, 1.82) is 0 Å². The van der Waals surface area contributed by atoms with Gasteiger partial charge in [-0.3, -0.25) is 9.69 Å². The van der Waals surface area contributed by atoms with Gasteiger partial charge in [0.05, 0.1) is 13.2 Å². The van der Waals surface area contributed by atoms with Gasteiger partial charge in [-0.05, 0) is 30.0 Å². The van der Waals surface area contributed by atoms with E-state index in [1.54, 1.807) is 0 Å². The van der Waals surface area contributed by atoms with Crippen LogP contribution in [0.15, 0.2) is 24.3 Å². The first-order valence-electron chi connectivity index (χ1n) is 8.37. The van der Waals surface area contributed by atoms with E-state index >= 15 is 0 Å². The highest BCUT2D eigenvalue weighted by Crippen LogP contribution is 2.16. The lowest BCUT2D eigenvalue weighted by molar-refractivity contribution is -0.122. The molecular weight excluding hydrogens is 312 g/mol. The fourth-order valence-electron chi connectivity index (χ4n) is 2.93. The molecule has 0 spiro atoms. The van der Waals surface area contributed by atoms with Crippen LogP contribution in [0.4, 0.5) is 0 Å². The third-order valence-corrected chi connectivity index (χ3v) is 4.33. The quantitative estimate of drug-likeness (QED) is 0.830. The summed E-state index contributed by atoms with van der Waals surface area (Å²) in [4.78, 5) is 14.5. The van der Waals surface area contributed by atoms with Gasteiger partial charge in [-0.2, -0.15) is 0 Å². The van der Waals surface area contributed by atoms with Crippen molar-refractivity contribution < 1.29 is 9.53 Å². The second-order valence-corrected chi connectivity index (χ2v) is 6.99. The molecule has 1 N–H and O–H groups in total. The smallest absolute Gasteiger partial charge is 0.221 e. The van der Waals surface area contributed by atoms with Gasteiger partial charge >= 0.3 is 0 Å². The number of carbonyl (C=O) groups excluding carboxylic acids is 1. The van der Waals surface area contributed by atoms with E-state index in [9.17, 15) is 4.79 Å². The Kier molecular flexibility index (Phi) is 7.34. The van der Waals surface area contributed by atoms with Crippen LogP contribution < -0.4 is 5.32 Å². The van der Waals surface area contributed by atoms with Gasteiger partial charge in [0.1, 0.15) is 0 Å². The average Bonchev–Trinajstić information content (AvgIpc) is 2.51. The van der Waals surface area contributed by atoms with Gasteiger partial charge in [0.25, 0.3) is 0 Å². The largest absolute Gasteiger partial charge is 0.378 e. The molecule has 0 unspecified atom stereocenters. The summed E-state index contributed by atoms with van der Waals surface area (Å²) in [5, 5.41) is 3.66. The predicted octanol–water partition coefficient (Wildman–Crippen LogP) is 3.09. The van der Waals surface area contributed by atoms with Crippen LogP contribution in [0.3, 0.4) is 0 Å². The predicted molar refractivity (Wildman–Crippen MR) is 93.6 cm³/mol. The Hall–Kier alpha value is -1.10. The molecule has 1 amide bonds. The number of carbonyl (C=O) groups is 1. The molecular formula is C18H27ClN2O2.